The molecule has 6 nitrogen and oxygen atoms in total. The summed E-state index contributed by atoms with van der Waals surface area (Å²) < 4.78 is 38.7. The van der Waals surface area contributed by atoms with Crippen molar-refractivity contribution < 1.29 is 22.8 Å². The lowest BCUT2D eigenvalue weighted by Crippen LogP contribution is -2.33. The fraction of sp³-hybridized carbons (Fsp3) is 0.500. The number of carbonyl (C=O) groups is 2. The summed E-state index contributed by atoms with van der Waals surface area (Å²) in [7, 11) is 0. The van der Waals surface area contributed by atoms with Crippen LogP contribution in [0.1, 0.15) is 36.1 Å². The molecule has 1 atom stereocenters. The van der Waals surface area contributed by atoms with E-state index in [-0.39, 0.29) is 36.4 Å². The van der Waals surface area contributed by atoms with Crippen LogP contribution in [0.3, 0.4) is 0 Å². The zero-order chi connectivity index (χ0) is 15.8. The van der Waals surface area contributed by atoms with Gasteiger partial charge in [0.05, 0.1) is 18.2 Å². The van der Waals surface area contributed by atoms with Crippen LogP contribution in [0.5, 0.6) is 0 Å². The number of nitrogens with one attached hydrogen (secondary N) is 2. The highest BCUT2D eigenvalue weighted by molar-refractivity contribution is 5.88. The van der Waals surface area contributed by atoms with Crippen molar-refractivity contribution in [2.75, 3.05) is 6.54 Å². The van der Waals surface area contributed by atoms with Crippen molar-refractivity contribution in [3.63, 3.8) is 0 Å². The van der Waals surface area contributed by atoms with Gasteiger partial charge in [-0.15, -0.1) is 0 Å². The van der Waals surface area contributed by atoms with Crippen molar-refractivity contribution in [2.45, 2.75) is 31.9 Å². The Balaban J connectivity index is 2.36. The number of alkyl halides is 3. The van der Waals surface area contributed by atoms with Gasteiger partial charge >= 0.3 is 6.18 Å². The van der Waals surface area contributed by atoms with E-state index < -0.39 is 29.1 Å². The van der Waals surface area contributed by atoms with Crippen molar-refractivity contribution in [2.24, 2.45) is 0 Å². The average Bonchev–Trinajstić information content (AvgIpc) is 2.77. The lowest BCUT2D eigenvalue weighted by molar-refractivity contribution is -0.139. The zero-order valence-corrected chi connectivity index (χ0v) is 11.0. The average molecular weight is 303 g/mol. The van der Waals surface area contributed by atoms with Gasteiger partial charge in [0.1, 0.15) is 11.3 Å². The van der Waals surface area contributed by atoms with Gasteiger partial charge < -0.3 is 5.32 Å². The van der Waals surface area contributed by atoms with Crippen LogP contribution in [-0.4, -0.2) is 28.4 Å². The maximum atomic E-state index is 12.9. The van der Waals surface area contributed by atoms with E-state index in [9.17, 15) is 27.6 Å². The summed E-state index contributed by atoms with van der Waals surface area (Å²) in [6, 6.07) is 0. The number of aromatic amines is 1. The second-order valence-electron chi connectivity index (χ2n) is 4.80. The molecule has 1 amide bonds. The Labute approximate surface area is 116 Å². The molecule has 2 rings (SSSR count). The predicted molar refractivity (Wildman–Crippen MR) is 64.6 cm³/mol. The molecule has 0 saturated heterocycles. The molecular weight excluding hydrogens is 291 g/mol. The van der Waals surface area contributed by atoms with Crippen LogP contribution < -0.4 is 10.9 Å². The molecule has 1 heterocycles. The number of Topliss-reactive ketones (excluding diaryl/α,β-unsaturated/α-hetero) is 1. The third kappa shape index (κ3) is 2.96. The van der Waals surface area contributed by atoms with E-state index in [0.29, 0.717) is 0 Å². The Morgan fingerprint density at radius 2 is 2.10 bits per heavy atom. The molecular formula is C12H12F3N3O3. The van der Waals surface area contributed by atoms with E-state index in [2.05, 4.69) is 10.4 Å². The van der Waals surface area contributed by atoms with Gasteiger partial charge in [0.25, 0.3) is 5.56 Å². The van der Waals surface area contributed by atoms with Gasteiger partial charge in [0.15, 0.2) is 0 Å². The van der Waals surface area contributed by atoms with Gasteiger partial charge in [-0.2, -0.15) is 18.3 Å². The van der Waals surface area contributed by atoms with Crippen LogP contribution >= 0.6 is 0 Å². The lowest BCUT2D eigenvalue weighted by Gasteiger charge is -2.12. The fourth-order valence-electron chi connectivity index (χ4n) is 2.36. The highest BCUT2D eigenvalue weighted by Crippen LogP contribution is 2.38. The first-order chi connectivity index (χ1) is 9.71. The molecule has 0 fully saturated rings. The van der Waals surface area contributed by atoms with Crippen LogP contribution in [0.4, 0.5) is 13.2 Å². The number of amides is 1. The van der Waals surface area contributed by atoms with Crippen molar-refractivity contribution >= 4 is 11.7 Å². The maximum Gasteiger partial charge on any atom is 0.422 e. The van der Waals surface area contributed by atoms with Crippen molar-refractivity contribution in [3.8, 4) is 0 Å². The normalized spacial score (nSPS) is 17.4. The lowest BCUT2D eigenvalue weighted by atomic mass is 10.1. The minimum Gasteiger partial charge on any atom is -0.348 e. The number of nitrogens with zero attached hydrogens (tertiary/aromatic N) is 1. The number of hydrogen-bond acceptors (Lipinski definition) is 4. The summed E-state index contributed by atoms with van der Waals surface area (Å²) in [6.45, 7) is 1.08. The minimum absolute atomic E-state index is 0.0563. The van der Waals surface area contributed by atoms with Gasteiger partial charge in [-0.3, -0.25) is 14.4 Å². The molecule has 9 heteroatoms. The van der Waals surface area contributed by atoms with Gasteiger partial charge in [0, 0.05) is 0 Å². The van der Waals surface area contributed by atoms with Gasteiger partial charge in [-0.25, -0.2) is 5.10 Å². The summed E-state index contributed by atoms with van der Waals surface area (Å²) in [5.41, 5.74) is -2.93. The quantitative estimate of drug-likeness (QED) is 0.851. The summed E-state index contributed by atoms with van der Waals surface area (Å²) >= 11 is 0. The number of fused-ring (bicyclic) bond motifs is 1. The molecule has 1 aliphatic rings. The van der Waals surface area contributed by atoms with Crippen molar-refractivity contribution in [1.29, 1.82) is 0 Å². The smallest absolute Gasteiger partial charge is 0.348 e. The Morgan fingerprint density at radius 1 is 1.43 bits per heavy atom. The third-order valence-electron chi connectivity index (χ3n) is 3.24. The summed E-state index contributed by atoms with van der Waals surface area (Å²) in [5.74, 6) is -1.74. The van der Waals surface area contributed by atoms with E-state index in [4.69, 9.17) is 0 Å². The molecule has 1 aromatic heterocycles. The van der Waals surface area contributed by atoms with Crippen LogP contribution in [0, 0.1) is 0 Å². The SMILES string of the molecule is CC(=O)CNC(=O)C1CCc2c1n[nH]c(=O)c2C(F)(F)F. The standard InChI is InChI=1S/C12H12F3N3O3/c1-5(19)4-16-10(20)7-3-2-6-8(12(13,14)15)11(21)18-17-9(6)7/h7H,2-4H2,1H3,(H,16,20)(H,18,21). The first-order valence-corrected chi connectivity index (χ1v) is 6.17. The number of aromatic nitrogens is 2. The Kier molecular flexibility index (Phi) is 3.84. The number of hydrogen-bond donors (Lipinski definition) is 2. The van der Waals surface area contributed by atoms with E-state index in [1.807, 2.05) is 0 Å². The number of H-pyrrole nitrogens is 1. The molecule has 21 heavy (non-hydrogen) atoms. The molecule has 0 aromatic carbocycles. The van der Waals surface area contributed by atoms with Gasteiger partial charge in [0.2, 0.25) is 5.91 Å². The van der Waals surface area contributed by atoms with Crippen LogP contribution in [-0.2, 0) is 22.2 Å². The Morgan fingerprint density at radius 3 is 2.67 bits per heavy atom. The Hall–Kier alpha value is -2.19. The molecule has 2 N–H and O–H groups in total. The van der Waals surface area contributed by atoms with Crippen LogP contribution in [0.25, 0.3) is 0 Å². The molecule has 1 aromatic rings. The first kappa shape index (κ1) is 15.2. The maximum absolute atomic E-state index is 12.9. The van der Waals surface area contributed by atoms with Crippen LogP contribution in [0.15, 0.2) is 4.79 Å². The second kappa shape index (κ2) is 5.30. The van der Waals surface area contributed by atoms with E-state index in [1.165, 1.54) is 6.92 Å². The van der Waals surface area contributed by atoms with Crippen molar-refractivity contribution in [1.82, 2.24) is 15.5 Å². The van der Waals surface area contributed by atoms with E-state index in [1.54, 1.807) is 5.10 Å². The zero-order valence-electron chi connectivity index (χ0n) is 11.0. The summed E-state index contributed by atoms with van der Waals surface area (Å²) in [5, 5.41) is 7.70. The number of halogens is 3. The molecule has 0 aliphatic heterocycles. The van der Waals surface area contributed by atoms with Gasteiger partial charge in [-0.1, -0.05) is 0 Å². The van der Waals surface area contributed by atoms with Crippen molar-refractivity contribution in [3.05, 3.63) is 27.2 Å². The van der Waals surface area contributed by atoms with E-state index in [0.717, 1.165) is 0 Å². The van der Waals surface area contributed by atoms with Crippen LogP contribution in [0.2, 0.25) is 0 Å². The third-order valence-corrected chi connectivity index (χ3v) is 3.24. The number of ketones is 1. The minimum atomic E-state index is -4.80. The highest BCUT2D eigenvalue weighted by atomic mass is 19.4. The fourth-order valence-corrected chi connectivity index (χ4v) is 2.36. The monoisotopic (exact) mass is 303 g/mol. The molecule has 0 spiro atoms. The molecule has 1 unspecified atom stereocenters. The molecule has 0 saturated carbocycles. The molecule has 0 bridgehead atoms. The number of rotatable bonds is 3. The topological polar surface area (TPSA) is 91.9 Å². The first-order valence-electron chi connectivity index (χ1n) is 6.17. The summed E-state index contributed by atoms with van der Waals surface area (Å²) in [4.78, 5) is 34.0. The highest BCUT2D eigenvalue weighted by Gasteiger charge is 2.42. The Bertz CT molecular complexity index is 651. The molecule has 1 aliphatic carbocycles. The second-order valence-corrected chi connectivity index (χ2v) is 4.80. The van der Waals surface area contributed by atoms with E-state index >= 15 is 0 Å². The predicted octanol–water partition coefficient (Wildman–Crippen LogP) is 0.524. The van der Waals surface area contributed by atoms with Gasteiger partial charge in [-0.05, 0) is 25.3 Å². The molecule has 114 valence electrons. The summed E-state index contributed by atoms with van der Waals surface area (Å²) in [6.07, 6.45) is -4.74. The number of carbonyl (C=O) groups excluding carboxylic acids is 2. The molecule has 0 radical (unpaired) electrons. The largest absolute Gasteiger partial charge is 0.422 e.